The van der Waals surface area contributed by atoms with E-state index in [0.717, 1.165) is 42.2 Å². The predicted octanol–water partition coefficient (Wildman–Crippen LogP) is 7.39. The van der Waals surface area contributed by atoms with Gasteiger partial charge in [-0.25, -0.2) is 4.98 Å². The summed E-state index contributed by atoms with van der Waals surface area (Å²) in [4.78, 5) is 24.9. The Labute approximate surface area is 270 Å². The largest absolute Gasteiger partial charge is 0.491 e. The number of aryl methyl sites for hydroxylation is 1. The first-order chi connectivity index (χ1) is 22.2. The third kappa shape index (κ3) is 6.69. The van der Waals surface area contributed by atoms with E-state index in [-0.39, 0.29) is 23.8 Å². The van der Waals surface area contributed by atoms with Gasteiger partial charge in [0.1, 0.15) is 17.1 Å². The number of rotatable bonds is 8. The van der Waals surface area contributed by atoms with Crippen LogP contribution < -0.4 is 10.1 Å². The van der Waals surface area contributed by atoms with E-state index < -0.39 is 0 Å². The Morgan fingerprint density at radius 2 is 1.93 bits per heavy atom. The molecule has 0 spiro atoms. The smallest absolute Gasteiger partial charge is 0.251 e. The maximum absolute atomic E-state index is 13.0. The molecule has 1 fully saturated rings. The minimum Gasteiger partial charge on any atom is -0.491 e. The van der Waals surface area contributed by atoms with Crippen molar-refractivity contribution in [1.82, 2.24) is 15.2 Å². The molecule has 6 rings (SSSR count). The Kier molecular flexibility index (Phi) is 8.94. The second-order valence-electron chi connectivity index (χ2n) is 13.0. The molecule has 2 atom stereocenters. The van der Waals surface area contributed by atoms with Crippen LogP contribution in [0.25, 0.3) is 22.6 Å². The fourth-order valence-corrected chi connectivity index (χ4v) is 6.22. The van der Waals surface area contributed by atoms with E-state index in [1.807, 2.05) is 18.2 Å². The zero-order chi connectivity index (χ0) is 32.4. The highest BCUT2D eigenvalue weighted by Crippen LogP contribution is 2.33. The zero-order valence-electron chi connectivity index (χ0n) is 27.2. The van der Waals surface area contributed by atoms with E-state index in [4.69, 9.17) is 14.1 Å². The summed E-state index contributed by atoms with van der Waals surface area (Å²) in [6.45, 7) is 13.4. The lowest BCUT2D eigenvalue weighted by Crippen LogP contribution is -2.33. The first-order valence-electron chi connectivity index (χ1n) is 16.2. The Bertz CT molecular complexity index is 1840. The Balaban J connectivity index is 1.03. The average molecular weight is 616 g/mol. The van der Waals surface area contributed by atoms with Crippen molar-refractivity contribution in [2.24, 2.45) is 10.9 Å². The number of fused-ring (bicyclic) bond motifs is 1. The van der Waals surface area contributed by atoms with E-state index in [1.54, 1.807) is 18.2 Å². The van der Waals surface area contributed by atoms with E-state index in [1.165, 1.54) is 11.1 Å². The van der Waals surface area contributed by atoms with Gasteiger partial charge in [0.2, 0.25) is 5.89 Å². The second-order valence-corrected chi connectivity index (χ2v) is 13.0. The molecule has 236 valence electrons. The van der Waals surface area contributed by atoms with E-state index in [9.17, 15) is 10.1 Å². The molecular weight excluding hydrogens is 574 g/mol. The molecule has 1 unspecified atom stereocenters. The van der Waals surface area contributed by atoms with Crippen LogP contribution in [0.2, 0.25) is 0 Å². The van der Waals surface area contributed by atoms with Gasteiger partial charge in [-0.1, -0.05) is 37.6 Å². The highest BCUT2D eigenvalue weighted by atomic mass is 16.5. The number of amides is 1. The minimum absolute atomic E-state index is 0.0985. The molecule has 1 saturated heterocycles. The minimum atomic E-state index is -0.0985. The molecular formula is C38H41N5O3. The Hall–Kier alpha value is -4.90. The summed E-state index contributed by atoms with van der Waals surface area (Å²) in [6, 6.07) is 19.5. The number of carbonyl (C=O) groups is 1. The van der Waals surface area contributed by atoms with Crippen molar-refractivity contribution in [3.63, 3.8) is 0 Å². The van der Waals surface area contributed by atoms with Gasteiger partial charge in [-0.05, 0) is 87.6 Å². The summed E-state index contributed by atoms with van der Waals surface area (Å²) in [5, 5.41) is 12.5. The van der Waals surface area contributed by atoms with E-state index in [2.05, 4.69) is 86.2 Å². The number of benzene rings is 3. The maximum Gasteiger partial charge on any atom is 0.251 e. The third-order valence-electron chi connectivity index (χ3n) is 8.68. The summed E-state index contributed by atoms with van der Waals surface area (Å²) < 4.78 is 12.2. The summed E-state index contributed by atoms with van der Waals surface area (Å²) in [7, 11) is 0. The molecule has 8 heteroatoms. The van der Waals surface area contributed by atoms with Gasteiger partial charge in [0, 0.05) is 47.8 Å². The molecule has 1 N–H and O–H groups in total. The number of nitrogens with one attached hydrogen (secondary N) is 1. The van der Waals surface area contributed by atoms with Gasteiger partial charge >= 0.3 is 0 Å². The van der Waals surface area contributed by atoms with Gasteiger partial charge in [0.15, 0.2) is 5.58 Å². The summed E-state index contributed by atoms with van der Waals surface area (Å²) >= 11 is 0. The van der Waals surface area contributed by atoms with Crippen molar-refractivity contribution in [3.8, 4) is 23.3 Å². The molecule has 2 aliphatic heterocycles. The van der Waals surface area contributed by atoms with Crippen molar-refractivity contribution in [2.75, 3.05) is 26.2 Å². The van der Waals surface area contributed by atoms with Crippen LogP contribution in [0.4, 0.5) is 0 Å². The molecule has 1 amide bonds. The quantitative estimate of drug-likeness (QED) is 0.222. The predicted molar refractivity (Wildman–Crippen MR) is 181 cm³/mol. The van der Waals surface area contributed by atoms with Gasteiger partial charge in [0.05, 0.1) is 24.3 Å². The number of aliphatic imine (C=N–C) groups is 1. The topological polar surface area (TPSA) is 104 Å². The molecule has 0 bridgehead atoms. The number of aromatic nitrogens is 1. The molecule has 3 aromatic carbocycles. The first-order valence-corrected chi connectivity index (χ1v) is 16.2. The zero-order valence-corrected chi connectivity index (χ0v) is 27.2. The standard InChI is InChI=1S/C38H41N5O3/c1-23(2)31-17-27(19-39)18-33-36(31)46-38(42-33)29-9-7-28(8-10-29)37(44)41-20-26-14-15-43(22-26)35-13-11-30(21-40-35)32-16-25(5)6-12-34(32)45-24(3)4/h6-13,16-18,23-24,26,30H,14-15,20-22H2,1-5H3,(H,41,44)/t26-,30?/m1/s1. The van der Waals surface area contributed by atoms with Gasteiger partial charge < -0.3 is 19.4 Å². The molecule has 4 aromatic rings. The number of oxazole rings is 1. The van der Waals surface area contributed by atoms with Crippen LogP contribution in [0.5, 0.6) is 5.75 Å². The lowest BCUT2D eigenvalue weighted by Gasteiger charge is -2.25. The Morgan fingerprint density at radius 3 is 2.63 bits per heavy atom. The number of hydrogen-bond acceptors (Lipinski definition) is 7. The van der Waals surface area contributed by atoms with Crippen molar-refractivity contribution < 1.29 is 13.9 Å². The lowest BCUT2D eigenvalue weighted by molar-refractivity contribution is 0.0948. The number of ether oxygens (including phenoxy) is 1. The van der Waals surface area contributed by atoms with E-state index in [0.29, 0.717) is 47.1 Å². The number of amidine groups is 1. The van der Waals surface area contributed by atoms with Crippen molar-refractivity contribution in [2.45, 2.75) is 59.0 Å². The van der Waals surface area contributed by atoms with Crippen LogP contribution in [0, 0.1) is 24.2 Å². The van der Waals surface area contributed by atoms with Crippen molar-refractivity contribution >= 4 is 22.8 Å². The summed E-state index contributed by atoms with van der Waals surface area (Å²) in [6.07, 6.45) is 5.51. The number of likely N-dealkylation sites (tertiary alicyclic amines) is 1. The van der Waals surface area contributed by atoms with Crippen LogP contribution >= 0.6 is 0 Å². The number of carbonyl (C=O) groups excluding carboxylic acids is 1. The number of nitrogens with zero attached hydrogens (tertiary/aromatic N) is 4. The van der Waals surface area contributed by atoms with Crippen LogP contribution in [0.15, 0.2) is 76.2 Å². The highest BCUT2D eigenvalue weighted by Gasteiger charge is 2.27. The summed E-state index contributed by atoms with van der Waals surface area (Å²) in [5.74, 6) is 3.06. The lowest BCUT2D eigenvalue weighted by atomic mass is 9.94. The highest BCUT2D eigenvalue weighted by molar-refractivity contribution is 5.95. The molecule has 3 heterocycles. The molecule has 2 aliphatic rings. The monoisotopic (exact) mass is 615 g/mol. The van der Waals surface area contributed by atoms with Crippen molar-refractivity contribution in [3.05, 3.63) is 94.6 Å². The fourth-order valence-electron chi connectivity index (χ4n) is 6.22. The first kappa shape index (κ1) is 31.1. The third-order valence-corrected chi connectivity index (χ3v) is 8.68. The normalized spacial score (nSPS) is 17.9. The van der Waals surface area contributed by atoms with Gasteiger partial charge in [-0.3, -0.25) is 9.79 Å². The van der Waals surface area contributed by atoms with Crippen LogP contribution in [0.1, 0.15) is 78.6 Å². The fraction of sp³-hybridized carbons (Fsp3) is 0.368. The van der Waals surface area contributed by atoms with Crippen LogP contribution in [-0.4, -0.2) is 53.9 Å². The molecule has 0 aliphatic carbocycles. The Morgan fingerprint density at radius 1 is 1.13 bits per heavy atom. The van der Waals surface area contributed by atoms with Crippen molar-refractivity contribution in [1.29, 1.82) is 5.26 Å². The molecule has 46 heavy (non-hydrogen) atoms. The van der Waals surface area contributed by atoms with Crippen LogP contribution in [-0.2, 0) is 0 Å². The molecule has 1 aromatic heterocycles. The molecule has 0 saturated carbocycles. The van der Waals surface area contributed by atoms with Gasteiger partial charge in [-0.2, -0.15) is 5.26 Å². The van der Waals surface area contributed by atoms with E-state index >= 15 is 0 Å². The summed E-state index contributed by atoms with van der Waals surface area (Å²) in [5.41, 5.74) is 6.65. The maximum atomic E-state index is 13.0. The SMILES string of the molecule is Cc1ccc(OC(C)C)c(C2C=CC(N3CC[C@H](CNC(=O)c4ccc(-c5nc6cc(C#N)cc(C(C)C)c6o5)cc4)C3)=NC2)c1. The van der Waals surface area contributed by atoms with Crippen LogP contribution in [0.3, 0.4) is 0 Å². The number of nitriles is 1. The van der Waals surface area contributed by atoms with Gasteiger partial charge in [0.25, 0.3) is 5.91 Å². The number of hydrogen-bond donors (Lipinski definition) is 1. The molecule has 0 radical (unpaired) electrons. The second kappa shape index (κ2) is 13.2. The van der Waals surface area contributed by atoms with Gasteiger partial charge in [-0.15, -0.1) is 0 Å². The average Bonchev–Trinajstić information content (AvgIpc) is 3.71. The molecule has 8 nitrogen and oxygen atoms in total. The number of dihydropyridines is 1.